The Hall–Kier alpha value is -0.0400. The molecule has 1 aliphatic rings. The van der Waals surface area contributed by atoms with Crippen LogP contribution in [-0.4, -0.2) is 12.6 Å². The summed E-state index contributed by atoms with van der Waals surface area (Å²) in [4.78, 5) is 0. The van der Waals surface area contributed by atoms with Crippen LogP contribution in [0, 0.1) is 23.2 Å². The maximum absolute atomic E-state index is 3.54. The summed E-state index contributed by atoms with van der Waals surface area (Å²) in [5.74, 6) is 2.96. The molecule has 1 aliphatic carbocycles. The van der Waals surface area contributed by atoms with Gasteiger partial charge in [0.05, 0.1) is 0 Å². The van der Waals surface area contributed by atoms with Crippen molar-refractivity contribution < 1.29 is 0 Å². The lowest BCUT2D eigenvalue weighted by Gasteiger charge is -2.32. The Morgan fingerprint density at radius 3 is 2.33 bits per heavy atom. The minimum atomic E-state index is 0.561. The Labute approximate surface area is 115 Å². The van der Waals surface area contributed by atoms with E-state index >= 15 is 0 Å². The van der Waals surface area contributed by atoms with Gasteiger partial charge in [0.2, 0.25) is 0 Å². The maximum Gasteiger partial charge on any atom is 0.00388 e. The van der Waals surface area contributed by atoms with Gasteiger partial charge in [-0.05, 0) is 62.3 Å². The number of hydrogen-bond donors (Lipinski definition) is 1. The average Bonchev–Trinajstić information content (AvgIpc) is 3.04. The minimum Gasteiger partial charge on any atom is -0.315 e. The third-order valence-electron chi connectivity index (χ3n) is 5.30. The third kappa shape index (κ3) is 4.91. The van der Waals surface area contributed by atoms with Crippen LogP contribution in [0.25, 0.3) is 0 Å². The molecule has 1 rings (SSSR count). The molecule has 18 heavy (non-hydrogen) atoms. The van der Waals surface area contributed by atoms with Crippen molar-refractivity contribution in [3.8, 4) is 0 Å². The number of nitrogens with one attached hydrogen (secondary N) is 1. The van der Waals surface area contributed by atoms with Crippen molar-refractivity contribution in [1.29, 1.82) is 0 Å². The third-order valence-corrected chi connectivity index (χ3v) is 5.30. The summed E-state index contributed by atoms with van der Waals surface area (Å²) >= 11 is 0. The molecule has 0 heterocycles. The van der Waals surface area contributed by atoms with Crippen LogP contribution in [0.15, 0.2) is 0 Å². The molecule has 1 saturated carbocycles. The molecule has 1 nitrogen and oxygen atoms in total. The Balaban J connectivity index is 2.36. The van der Waals surface area contributed by atoms with Gasteiger partial charge in [-0.15, -0.1) is 0 Å². The van der Waals surface area contributed by atoms with Gasteiger partial charge in [0.1, 0.15) is 0 Å². The van der Waals surface area contributed by atoms with Crippen molar-refractivity contribution in [3.05, 3.63) is 0 Å². The molecular weight excluding hydrogens is 218 g/mol. The van der Waals surface area contributed by atoms with Gasteiger partial charge in [0.15, 0.2) is 0 Å². The zero-order chi connectivity index (χ0) is 13.8. The number of hydrogen-bond acceptors (Lipinski definition) is 1. The van der Waals surface area contributed by atoms with E-state index in [2.05, 4.69) is 46.9 Å². The fourth-order valence-corrected chi connectivity index (χ4v) is 3.51. The van der Waals surface area contributed by atoms with Gasteiger partial charge >= 0.3 is 0 Å². The Kier molecular flexibility index (Phi) is 6.17. The van der Waals surface area contributed by atoms with Crippen LogP contribution in [0.1, 0.15) is 73.6 Å². The first-order chi connectivity index (χ1) is 8.41. The Morgan fingerprint density at radius 1 is 1.28 bits per heavy atom. The molecule has 0 spiro atoms. The lowest BCUT2D eigenvalue weighted by molar-refractivity contribution is 0.193. The van der Waals surface area contributed by atoms with Crippen LogP contribution < -0.4 is 5.32 Å². The van der Waals surface area contributed by atoms with E-state index in [-0.39, 0.29) is 0 Å². The number of rotatable bonds is 9. The van der Waals surface area contributed by atoms with E-state index in [0.717, 1.165) is 24.3 Å². The first-order valence-electron chi connectivity index (χ1n) is 8.15. The normalized spacial score (nSPS) is 29.7. The van der Waals surface area contributed by atoms with E-state index in [1.807, 2.05) is 0 Å². The van der Waals surface area contributed by atoms with Crippen molar-refractivity contribution in [2.24, 2.45) is 23.2 Å². The van der Waals surface area contributed by atoms with Crippen LogP contribution in [0.2, 0.25) is 0 Å². The van der Waals surface area contributed by atoms with Crippen molar-refractivity contribution >= 4 is 0 Å². The van der Waals surface area contributed by atoms with Crippen molar-refractivity contribution in [2.75, 3.05) is 6.54 Å². The van der Waals surface area contributed by atoms with E-state index in [1.54, 1.807) is 0 Å². The second-order valence-electron chi connectivity index (χ2n) is 7.22. The highest BCUT2D eigenvalue weighted by Crippen LogP contribution is 2.48. The molecular formula is C17H35N. The van der Waals surface area contributed by atoms with Gasteiger partial charge < -0.3 is 5.32 Å². The highest BCUT2D eigenvalue weighted by Gasteiger charge is 2.39. The monoisotopic (exact) mass is 253 g/mol. The van der Waals surface area contributed by atoms with Gasteiger partial charge in [-0.25, -0.2) is 0 Å². The second kappa shape index (κ2) is 6.93. The SMILES string of the molecule is CCNC(C)CCC(C)(CC)CC(C)C1CC1C. The lowest BCUT2D eigenvalue weighted by atomic mass is 9.74. The molecule has 0 radical (unpaired) electrons. The summed E-state index contributed by atoms with van der Waals surface area (Å²) in [5.41, 5.74) is 0.561. The van der Waals surface area contributed by atoms with Gasteiger partial charge in [-0.2, -0.15) is 0 Å². The summed E-state index contributed by atoms with van der Waals surface area (Å²) < 4.78 is 0. The first kappa shape index (κ1) is 16.0. The quantitative estimate of drug-likeness (QED) is 0.618. The molecule has 0 aliphatic heterocycles. The largest absolute Gasteiger partial charge is 0.315 e. The highest BCUT2D eigenvalue weighted by atomic mass is 14.9. The topological polar surface area (TPSA) is 12.0 Å². The van der Waals surface area contributed by atoms with Crippen LogP contribution >= 0.6 is 0 Å². The fraction of sp³-hybridized carbons (Fsp3) is 1.00. The van der Waals surface area contributed by atoms with E-state index in [9.17, 15) is 0 Å². The van der Waals surface area contributed by atoms with E-state index < -0.39 is 0 Å². The van der Waals surface area contributed by atoms with E-state index in [0.29, 0.717) is 11.5 Å². The molecule has 5 atom stereocenters. The molecule has 108 valence electrons. The van der Waals surface area contributed by atoms with E-state index in [1.165, 1.54) is 32.1 Å². The molecule has 1 N–H and O–H groups in total. The van der Waals surface area contributed by atoms with Crippen molar-refractivity contribution in [3.63, 3.8) is 0 Å². The van der Waals surface area contributed by atoms with Gasteiger partial charge in [0.25, 0.3) is 0 Å². The average molecular weight is 253 g/mol. The van der Waals surface area contributed by atoms with Crippen molar-refractivity contribution in [2.45, 2.75) is 79.7 Å². The molecule has 0 aromatic carbocycles. The molecule has 0 amide bonds. The van der Waals surface area contributed by atoms with E-state index in [4.69, 9.17) is 0 Å². The van der Waals surface area contributed by atoms with Gasteiger partial charge in [-0.1, -0.05) is 41.0 Å². The summed E-state index contributed by atoms with van der Waals surface area (Å²) in [5, 5.41) is 3.54. The summed E-state index contributed by atoms with van der Waals surface area (Å²) in [6.07, 6.45) is 6.94. The van der Waals surface area contributed by atoms with Crippen LogP contribution in [-0.2, 0) is 0 Å². The van der Waals surface area contributed by atoms with Crippen LogP contribution in [0.3, 0.4) is 0 Å². The minimum absolute atomic E-state index is 0.561. The Morgan fingerprint density at radius 2 is 1.89 bits per heavy atom. The molecule has 1 fully saturated rings. The predicted octanol–water partition coefficient (Wildman–Crippen LogP) is 4.86. The molecule has 5 unspecified atom stereocenters. The first-order valence-corrected chi connectivity index (χ1v) is 8.15. The zero-order valence-electron chi connectivity index (χ0n) is 13.6. The lowest BCUT2D eigenvalue weighted by Crippen LogP contribution is -2.28. The summed E-state index contributed by atoms with van der Waals surface area (Å²) in [6.45, 7) is 15.4. The summed E-state index contributed by atoms with van der Waals surface area (Å²) in [7, 11) is 0. The standard InChI is InChI=1S/C17H35N/c1-7-17(6,10-9-15(5)18-8-2)12-14(4)16-11-13(16)3/h13-16,18H,7-12H2,1-6H3. The molecule has 0 bridgehead atoms. The van der Waals surface area contributed by atoms with Crippen LogP contribution in [0.4, 0.5) is 0 Å². The smallest absolute Gasteiger partial charge is 0.00388 e. The Bertz CT molecular complexity index is 238. The summed E-state index contributed by atoms with van der Waals surface area (Å²) in [6, 6.07) is 0.677. The van der Waals surface area contributed by atoms with Crippen LogP contribution in [0.5, 0.6) is 0 Å². The highest BCUT2D eigenvalue weighted by molar-refractivity contribution is 4.89. The molecule has 0 aromatic heterocycles. The zero-order valence-corrected chi connectivity index (χ0v) is 13.6. The molecule has 1 heteroatoms. The van der Waals surface area contributed by atoms with Crippen molar-refractivity contribution in [1.82, 2.24) is 5.32 Å². The predicted molar refractivity (Wildman–Crippen MR) is 81.8 cm³/mol. The maximum atomic E-state index is 3.54. The van der Waals surface area contributed by atoms with Gasteiger partial charge in [-0.3, -0.25) is 0 Å². The molecule has 0 aromatic rings. The fourth-order valence-electron chi connectivity index (χ4n) is 3.51. The second-order valence-corrected chi connectivity index (χ2v) is 7.22. The van der Waals surface area contributed by atoms with Gasteiger partial charge in [0, 0.05) is 6.04 Å². The molecule has 0 saturated heterocycles.